The molecule has 0 fully saturated rings. The first-order valence-electron chi connectivity index (χ1n) is 14.4. The molecule has 3 aromatic rings. The fourth-order valence-electron chi connectivity index (χ4n) is 4.68. The maximum atomic E-state index is 14.1. The summed E-state index contributed by atoms with van der Waals surface area (Å²) in [5.41, 5.74) is 1.65. The Morgan fingerprint density at radius 3 is 2.41 bits per heavy atom. The number of allylic oxidation sites excluding steroid dienone is 1. The van der Waals surface area contributed by atoms with Crippen LogP contribution in [-0.2, 0) is 14.3 Å². The molecular weight excluding hydrogens is 584 g/mol. The van der Waals surface area contributed by atoms with Crippen molar-refractivity contribution in [3.63, 3.8) is 0 Å². The van der Waals surface area contributed by atoms with Gasteiger partial charge < -0.3 is 23.7 Å². The molecule has 234 valence electrons. The Hall–Kier alpha value is -4.38. The number of nitrogens with zero attached hydrogens (tertiary/aromatic N) is 2. The molecule has 0 unspecified atom stereocenters. The monoisotopic (exact) mass is 622 g/mol. The van der Waals surface area contributed by atoms with Gasteiger partial charge in [0.05, 0.1) is 49.3 Å². The van der Waals surface area contributed by atoms with Crippen molar-refractivity contribution in [2.75, 3.05) is 27.4 Å². The van der Waals surface area contributed by atoms with Gasteiger partial charge >= 0.3 is 11.9 Å². The van der Waals surface area contributed by atoms with Crippen LogP contribution in [0, 0.1) is 5.92 Å². The number of fused-ring (bicyclic) bond motifs is 1. The molecular formula is C33H38N2O8S. The topological polar surface area (TPSA) is 115 Å². The van der Waals surface area contributed by atoms with E-state index < -0.39 is 18.0 Å². The number of methoxy groups -OCH3 is 2. The van der Waals surface area contributed by atoms with E-state index in [1.807, 2.05) is 32.0 Å². The van der Waals surface area contributed by atoms with E-state index >= 15 is 0 Å². The van der Waals surface area contributed by atoms with E-state index in [1.54, 1.807) is 38.3 Å². The van der Waals surface area contributed by atoms with Gasteiger partial charge in [0.15, 0.2) is 27.8 Å². The minimum atomic E-state index is -0.864. The zero-order valence-corrected chi connectivity index (χ0v) is 26.9. The molecule has 0 saturated heterocycles. The molecule has 0 N–H and O–H groups in total. The minimum Gasteiger partial charge on any atom is -0.493 e. The summed E-state index contributed by atoms with van der Waals surface area (Å²) in [5, 5.41) is 0. The Kier molecular flexibility index (Phi) is 10.6. The highest BCUT2D eigenvalue weighted by Crippen LogP contribution is 2.36. The van der Waals surface area contributed by atoms with E-state index in [-0.39, 0.29) is 35.2 Å². The Morgan fingerprint density at radius 1 is 1.05 bits per heavy atom. The maximum absolute atomic E-state index is 14.1. The first kappa shape index (κ1) is 32.5. The largest absolute Gasteiger partial charge is 0.493 e. The van der Waals surface area contributed by atoms with Crippen LogP contribution in [-0.4, -0.2) is 43.9 Å². The van der Waals surface area contributed by atoms with Crippen molar-refractivity contribution in [3.8, 4) is 23.0 Å². The number of benzene rings is 2. The summed E-state index contributed by atoms with van der Waals surface area (Å²) in [6.45, 7) is 9.79. The summed E-state index contributed by atoms with van der Waals surface area (Å²) in [6, 6.07) is 9.55. The number of hydrogen-bond acceptors (Lipinski definition) is 10. The van der Waals surface area contributed by atoms with Gasteiger partial charge in [0.25, 0.3) is 5.56 Å². The molecule has 4 rings (SSSR count). The number of ether oxygens (including phenoxy) is 5. The van der Waals surface area contributed by atoms with Crippen molar-refractivity contribution in [2.24, 2.45) is 10.9 Å². The second-order valence-electron chi connectivity index (χ2n) is 10.7. The Morgan fingerprint density at radius 2 is 1.75 bits per heavy atom. The number of carbonyl (C=O) groups excluding carboxylic acids is 2. The number of rotatable bonds is 12. The first-order valence-corrected chi connectivity index (χ1v) is 15.3. The standard InChI is InChI=1S/C33H38N2O8S/c1-8-9-14-41-24-12-10-22(15-26(24)39-6)16-28-31(37)35-30(23-11-13-25(43-21(5)36)27(17-23)40-7)29(20(4)34-33(35)44-28)32(38)42-18-19(2)3/h10-13,15-17,19,30H,8-9,14,18H2,1-7H3/b28-16-/t30-/m0/s1. The average molecular weight is 623 g/mol. The van der Waals surface area contributed by atoms with Crippen molar-refractivity contribution >= 4 is 29.4 Å². The molecule has 1 aliphatic rings. The van der Waals surface area contributed by atoms with Gasteiger partial charge in [-0.25, -0.2) is 9.79 Å². The lowest BCUT2D eigenvalue weighted by Crippen LogP contribution is -2.40. The predicted molar refractivity (Wildman–Crippen MR) is 167 cm³/mol. The van der Waals surface area contributed by atoms with Crippen molar-refractivity contribution < 1.29 is 33.3 Å². The van der Waals surface area contributed by atoms with Crippen LogP contribution in [0.25, 0.3) is 6.08 Å². The van der Waals surface area contributed by atoms with Gasteiger partial charge in [-0.2, -0.15) is 0 Å². The van der Waals surface area contributed by atoms with Gasteiger partial charge in [0.2, 0.25) is 0 Å². The summed E-state index contributed by atoms with van der Waals surface area (Å²) >= 11 is 1.22. The van der Waals surface area contributed by atoms with Crippen molar-refractivity contribution in [1.82, 2.24) is 4.57 Å². The highest BCUT2D eigenvalue weighted by atomic mass is 32.1. The molecule has 1 aromatic heterocycles. The number of carbonyl (C=O) groups is 2. The third-order valence-electron chi connectivity index (χ3n) is 6.79. The second-order valence-corrected chi connectivity index (χ2v) is 11.7. The Balaban J connectivity index is 1.86. The van der Waals surface area contributed by atoms with Gasteiger partial charge in [-0.1, -0.05) is 50.7 Å². The third kappa shape index (κ3) is 7.21. The highest BCUT2D eigenvalue weighted by Gasteiger charge is 2.34. The SMILES string of the molecule is CCCCOc1ccc(/C=c2\sc3n(c2=O)[C@@H](c2ccc(OC(C)=O)c(OC)c2)C(C(=O)OCC(C)C)=C(C)N=3)cc1OC. The lowest BCUT2D eigenvalue weighted by atomic mass is 9.95. The van der Waals surface area contributed by atoms with Crippen LogP contribution < -0.4 is 33.8 Å². The van der Waals surface area contributed by atoms with E-state index in [0.29, 0.717) is 38.7 Å². The molecule has 1 atom stereocenters. The van der Waals surface area contributed by atoms with E-state index in [0.717, 1.165) is 18.4 Å². The smallest absolute Gasteiger partial charge is 0.338 e. The summed E-state index contributed by atoms with van der Waals surface area (Å²) < 4.78 is 29.7. The molecule has 2 heterocycles. The summed E-state index contributed by atoms with van der Waals surface area (Å²) in [6.07, 6.45) is 3.71. The van der Waals surface area contributed by atoms with E-state index in [1.165, 1.54) is 29.9 Å². The molecule has 1 aliphatic heterocycles. The number of hydrogen-bond donors (Lipinski definition) is 0. The van der Waals surface area contributed by atoms with Crippen LogP contribution in [0.3, 0.4) is 0 Å². The second kappa shape index (κ2) is 14.4. The first-order chi connectivity index (χ1) is 21.1. The number of thiazole rings is 1. The molecule has 0 saturated carbocycles. The van der Waals surface area contributed by atoms with Gasteiger partial charge in [-0.15, -0.1) is 0 Å². The number of unbranched alkanes of at least 4 members (excludes halogenated alkanes) is 1. The van der Waals surface area contributed by atoms with Crippen molar-refractivity contribution in [1.29, 1.82) is 0 Å². The average Bonchev–Trinajstić information content (AvgIpc) is 3.29. The minimum absolute atomic E-state index is 0.114. The van der Waals surface area contributed by atoms with Gasteiger partial charge in [-0.05, 0) is 60.7 Å². The lowest BCUT2D eigenvalue weighted by Gasteiger charge is -2.25. The summed E-state index contributed by atoms with van der Waals surface area (Å²) in [5.74, 6) is 0.732. The molecule has 0 amide bonds. The van der Waals surface area contributed by atoms with Crippen LogP contribution in [0.5, 0.6) is 23.0 Å². The maximum Gasteiger partial charge on any atom is 0.338 e. The van der Waals surface area contributed by atoms with Crippen molar-refractivity contribution in [3.05, 3.63) is 78.5 Å². The van der Waals surface area contributed by atoms with E-state index in [4.69, 9.17) is 23.7 Å². The normalized spacial score (nSPS) is 14.6. The van der Waals surface area contributed by atoms with Crippen LogP contribution in [0.1, 0.15) is 64.6 Å². The van der Waals surface area contributed by atoms with Gasteiger partial charge in [0, 0.05) is 6.92 Å². The van der Waals surface area contributed by atoms with Gasteiger partial charge in [0.1, 0.15) is 0 Å². The fourth-order valence-corrected chi connectivity index (χ4v) is 5.73. The molecule has 2 aromatic carbocycles. The Bertz CT molecular complexity index is 1750. The Labute approximate surface area is 260 Å². The summed E-state index contributed by atoms with van der Waals surface area (Å²) in [7, 11) is 3.02. The van der Waals surface area contributed by atoms with E-state index in [9.17, 15) is 14.4 Å². The van der Waals surface area contributed by atoms with Crippen LogP contribution in [0.2, 0.25) is 0 Å². The van der Waals surface area contributed by atoms with Crippen LogP contribution in [0.15, 0.2) is 57.5 Å². The van der Waals surface area contributed by atoms with Crippen LogP contribution >= 0.6 is 11.3 Å². The molecule has 11 heteroatoms. The zero-order chi connectivity index (χ0) is 32.0. The third-order valence-corrected chi connectivity index (χ3v) is 7.77. The molecule has 10 nitrogen and oxygen atoms in total. The molecule has 0 spiro atoms. The molecule has 0 aliphatic carbocycles. The zero-order valence-electron chi connectivity index (χ0n) is 26.1. The highest BCUT2D eigenvalue weighted by molar-refractivity contribution is 7.07. The molecule has 0 radical (unpaired) electrons. The van der Waals surface area contributed by atoms with Crippen molar-refractivity contribution in [2.45, 2.75) is 53.5 Å². The lowest BCUT2D eigenvalue weighted by molar-refractivity contribution is -0.140. The van der Waals surface area contributed by atoms with Crippen LogP contribution in [0.4, 0.5) is 0 Å². The number of esters is 2. The molecule has 0 bridgehead atoms. The summed E-state index contributed by atoms with van der Waals surface area (Å²) in [4.78, 5) is 44.3. The van der Waals surface area contributed by atoms with Gasteiger partial charge in [-0.3, -0.25) is 14.2 Å². The van der Waals surface area contributed by atoms with E-state index in [2.05, 4.69) is 11.9 Å². The predicted octanol–water partition coefficient (Wildman–Crippen LogP) is 4.56. The quantitative estimate of drug-likeness (QED) is 0.164. The fraction of sp³-hybridized carbons (Fsp3) is 0.394. The number of aromatic nitrogens is 1. The molecule has 44 heavy (non-hydrogen) atoms.